The fourth-order valence-corrected chi connectivity index (χ4v) is 2.63. The van der Waals surface area contributed by atoms with Crippen molar-refractivity contribution in [1.29, 1.82) is 0 Å². The van der Waals surface area contributed by atoms with Crippen LogP contribution in [0.25, 0.3) is 0 Å². The van der Waals surface area contributed by atoms with Crippen LogP contribution in [0.5, 0.6) is 0 Å². The molecular formula is C13H16F4N2O. The maximum absolute atomic E-state index is 13.3. The van der Waals surface area contributed by atoms with Crippen LogP contribution in [0.2, 0.25) is 0 Å². The van der Waals surface area contributed by atoms with Crippen LogP contribution < -0.4 is 11.3 Å². The third-order valence-corrected chi connectivity index (χ3v) is 3.93. The van der Waals surface area contributed by atoms with Gasteiger partial charge in [0.2, 0.25) is 0 Å². The number of nitrogens with one attached hydrogen (secondary N) is 1. The molecular weight excluding hydrogens is 276 g/mol. The van der Waals surface area contributed by atoms with Gasteiger partial charge in [-0.3, -0.25) is 11.3 Å². The average molecular weight is 292 g/mol. The number of hydrazine groups is 1. The van der Waals surface area contributed by atoms with E-state index in [2.05, 4.69) is 5.43 Å². The minimum absolute atomic E-state index is 0.266. The van der Waals surface area contributed by atoms with Gasteiger partial charge in [0.05, 0.1) is 17.2 Å². The Morgan fingerprint density at radius 1 is 1.35 bits per heavy atom. The third-order valence-electron chi connectivity index (χ3n) is 3.93. The van der Waals surface area contributed by atoms with Gasteiger partial charge in [0.25, 0.3) is 0 Å². The van der Waals surface area contributed by atoms with Crippen molar-refractivity contribution < 1.29 is 22.3 Å². The summed E-state index contributed by atoms with van der Waals surface area (Å²) in [7, 11) is 1.50. The number of hydrogen-bond donors (Lipinski definition) is 2. The fraction of sp³-hybridized carbons (Fsp3) is 0.538. The average Bonchev–Trinajstić information content (AvgIpc) is 2.33. The zero-order valence-corrected chi connectivity index (χ0v) is 10.9. The number of nitrogens with two attached hydrogens (primary N) is 1. The predicted molar refractivity (Wildman–Crippen MR) is 65.1 cm³/mol. The number of methoxy groups -OCH3 is 1. The first-order valence-corrected chi connectivity index (χ1v) is 6.22. The minimum atomic E-state index is -4.74. The number of ether oxygens (including phenoxy) is 1. The quantitative estimate of drug-likeness (QED) is 0.509. The molecule has 0 aromatic heterocycles. The Morgan fingerprint density at radius 3 is 2.40 bits per heavy atom. The lowest BCUT2D eigenvalue weighted by molar-refractivity contribution is -0.140. The molecule has 20 heavy (non-hydrogen) atoms. The Kier molecular flexibility index (Phi) is 4.04. The highest BCUT2D eigenvalue weighted by atomic mass is 19.4. The smallest absolute Gasteiger partial charge is 0.376 e. The van der Waals surface area contributed by atoms with E-state index in [-0.39, 0.29) is 5.56 Å². The molecule has 1 aliphatic carbocycles. The third kappa shape index (κ3) is 2.53. The summed E-state index contributed by atoms with van der Waals surface area (Å²) in [6, 6.07) is 2.29. The Labute approximate surface area is 114 Å². The first-order chi connectivity index (χ1) is 9.34. The second kappa shape index (κ2) is 5.31. The predicted octanol–water partition coefficient (Wildman–Crippen LogP) is 2.92. The van der Waals surface area contributed by atoms with Crippen LogP contribution in [0.15, 0.2) is 18.2 Å². The van der Waals surface area contributed by atoms with E-state index >= 15 is 0 Å². The topological polar surface area (TPSA) is 47.3 Å². The van der Waals surface area contributed by atoms with Crippen molar-refractivity contribution in [2.75, 3.05) is 7.11 Å². The van der Waals surface area contributed by atoms with Crippen LogP contribution in [0.1, 0.15) is 36.4 Å². The molecule has 112 valence electrons. The Balaban J connectivity index is 2.41. The maximum Gasteiger partial charge on any atom is 0.419 e. The van der Waals surface area contributed by atoms with Gasteiger partial charge in [-0.15, -0.1) is 0 Å². The molecule has 3 nitrogen and oxygen atoms in total. The van der Waals surface area contributed by atoms with Crippen LogP contribution in [0.4, 0.5) is 17.6 Å². The lowest BCUT2D eigenvalue weighted by Crippen LogP contribution is -2.52. The summed E-state index contributed by atoms with van der Waals surface area (Å²) in [5.41, 5.74) is 0.841. The fourth-order valence-electron chi connectivity index (χ4n) is 2.63. The lowest BCUT2D eigenvalue weighted by Gasteiger charge is -2.46. The summed E-state index contributed by atoms with van der Waals surface area (Å²) in [5.74, 6) is 4.17. The van der Waals surface area contributed by atoms with Crippen molar-refractivity contribution in [3.8, 4) is 0 Å². The highest BCUT2D eigenvalue weighted by molar-refractivity contribution is 5.31. The van der Waals surface area contributed by atoms with E-state index in [0.717, 1.165) is 18.6 Å². The van der Waals surface area contributed by atoms with Crippen LogP contribution in [0, 0.1) is 5.82 Å². The van der Waals surface area contributed by atoms with Gasteiger partial charge in [0.1, 0.15) is 5.82 Å². The second-order valence-electron chi connectivity index (χ2n) is 4.96. The van der Waals surface area contributed by atoms with Gasteiger partial charge in [-0.2, -0.15) is 13.2 Å². The standard InChI is InChI=1S/C13H16F4N2O/c1-20-12(5-2-6-12)11(19-18)8-3-4-10(14)9(7-8)13(15,16)17/h3-4,7,11,19H,2,5-6,18H2,1H3. The van der Waals surface area contributed by atoms with Gasteiger partial charge in [0, 0.05) is 7.11 Å². The lowest BCUT2D eigenvalue weighted by atomic mass is 9.72. The molecule has 1 atom stereocenters. The van der Waals surface area contributed by atoms with Crippen LogP contribution in [-0.2, 0) is 10.9 Å². The van der Waals surface area contributed by atoms with Crippen LogP contribution in [-0.4, -0.2) is 12.7 Å². The molecule has 1 unspecified atom stereocenters. The number of halogens is 4. The molecule has 7 heteroatoms. The molecule has 2 rings (SSSR count). The molecule has 0 aliphatic heterocycles. The molecule has 0 saturated heterocycles. The largest absolute Gasteiger partial charge is 0.419 e. The van der Waals surface area contributed by atoms with Crippen molar-refractivity contribution in [2.45, 2.75) is 37.1 Å². The SMILES string of the molecule is COC1(C(NN)c2ccc(F)c(C(F)(F)F)c2)CCC1. The highest BCUT2D eigenvalue weighted by Crippen LogP contribution is 2.45. The van der Waals surface area contributed by atoms with Crippen LogP contribution >= 0.6 is 0 Å². The van der Waals surface area contributed by atoms with Crippen molar-refractivity contribution in [3.63, 3.8) is 0 Å². The van der Waals surface area contributed by atoms with E-state index in [0.29, 0.717) is 12.8 Å². The maximum atomic E-state index is 13.3. The molecule has 0 amide bonds. The zero-order valence-electron chi connectivity index (χ0n) is 10.9. The molecule has 0 heterocycles. The van der Waals surface area contributed by atoms with Gasteiger partial charge in [-0.25, -0.2) is 4.39 Å². The summed E-state index contributed by atoms with van der Waals surface area (Å²) in [4.78, 5) is 0. The van der Waals surface area contributed by atoms with Gasteiger partial charge in [0.15, 0.2) is 0 Å². The van der Waals surface area contributed by atoms with E-state index in [1.54, 1.807) is 0 Å². The van der Waals surface area contributed by atoms with E-state index in [9.17, 15) is 17.6 Å². The Bertz CT molecular complexity index is 480. The molecule has 1 aliphatic rings. The summed E-state index contributed by atoms with van der Waals surface area (Å²) in [6.07, 6.45) is -2.44. The molecule has 3 N–H and O–H groups in total. The molecule has 1 aromatic rings. The summed E-state index contributed by atoms with van der Waals surface area (Å²) in [6.45, 7) is 0. The van der Waals surface area contributed by atoms with Crippen LogP contribution in [0.3, 0.4) is 0 Å². The molecule has 0 spiro atoms. The first-order valence-electron chi connectivity index (χ1n) is 6.22. The summed E-state index contributed by atoms with van der Waals surface area (Å²) < 4.78 is 57.0. The van der Waals surface area contributed by atoms with Crippen molar-refractivity contribution >= 4 is 0 Å². The van der Waals surface area contributed by atoms with E-state index in [1.807, 2.05) is 0 Å². The van der Waals surface area contributed by atoms with Gasteiger partial charge in [-0.1, -0.05) is 6.07 Å². The molecule has 1 saturated carbocycles. The van der Waals surface area contributed by atoms with E-state index < -0.39 is 29.2 Å². The number of benzene rings is 1. The van der Waals surface area contributed by atoms with E-state index in [1.165, 1.54) is 13.2 Å². The molecule has 1 fully saturated rings. The second-order valence-corrected chi connectivity index (χ2v) is 4.96. The Hall–Kier alpha value is -1.18. The first kappa shape index (κ1) is 15.2. The molecule has 0 radical (unpaired) electrons. The van der Waals surface area contributed by atoms with Gasteiger partial charge in [-0.05, 0) is 37.0 Å². The number of alkyl halides is 3. The summed E-state index contributed by atoms with van der Waals surface area (Å²) in [5, 5.41) is 0. The normalized spacial score (nSPS) is 19.5. The molecule has 1 aromatic carbocycles. The monoisotopic (exact) mass is 292 g/mol. The van der Waals surface area contributed by atoms with Gasteiger partial charge >= 0.3 is 6.18 Å². The van der Waals surface area contributed by atoms with E-state index in [4.69, 9.17) is 10.6 Å². The minimum Gasteiger partial charge on any atom is -0.376 e. The highest BCUT2D eigenvalue weighted by Gasteiger charge is 2.45. The van der Waals surface area contributed by atoms with Crippen molar-refractivity contribution in [2.24, 2.45) is 5.84 Å². The van der Waals surface area contributed by atoms with Crippen molar-refractivity contribution in [3.05, 3.63) is 35.1 Å². The Morgan fingerprint density at radius 2 is 2.00 bits per heavy atom. The van der Waals surface area contributed by atoms with Crippen molar-refractivity contribution in [1.82, 2.24) is 5.43 Å². The number of hydrogen-bond acceptors (Lipinski definition) is 3. The molecule has 0 bridgehead atoms. The zero-order chi connectivity index (χ0) is 15.0. The summed E-state index contributed by atoms with van der Waals surface area (Å²) >= 11 is 0. The van der Waals surface area contributed by atoms with Gasteiger partial charge < -0.3 is 4.74 Å². The number of rotatable bonds is 4.